The van der Waals surface area contributed by atoms with Crippen LogP contribution in [-0.4, -0.2) is 103 Å². The van der Waals surface area contributed by atoms with Gasteiger partial charge in [0.15, 0.2) is 0 Å². The van der Waals surface area contributed by atoms with Crippen molar-refractivity contribution < 1.29 is 32.4 Å². The number of sulfonamides is 1. The maximum Gasteiger partial charge on any atom is 0.315 e. The van der Waals surface area contributed by atoms with Gasteiger partial charge < -0.3 is 26.2 Å². The zero-order chi connectivity index (χ0) is 35.4. The molecule has 0 spiro atoms. The largest absolute Gasteiger partial charge is 0.346 e. The third kappa shape index (κ3) is 8.58. The van der Waals surface area contributed by atoms with E-state index in [-0.39, 0.29) is 36.6 Å². The smallest absolute Gasteiger partial charge is 0.315 e. The number of urea groups is 1. The average Bonchev–Trinajstić information content (AvgIpc) is 3.71. The zero-order valence-corrected chi connectivity index (χ0v) is 30.1. The van der Waals surface area contributed by atoms with Crippen LogP contribution >= 0.6 is 0 Å². The molecule has 270 valence electrons. The van der Waals surface area contributed by atoms with Crippen molar-refractivity contribution in [1.29, 1.82) is 0 Å². The lowest BCUT2D eigenvalue weighted by molar-refractivity contribution is -0.145. The number of hydrogen-bond acceptors (Lipinski definition) is 7. The molecule has 5 amide bonds. The third-order valence-corrected chi connectivity index (χ3v) is 12.9. The minimum absolute atomic E-state index is 0.0903. The van der Waals surface area contributed by atoms with Gasteiger partial charge in [-0.1, -0.05) is 59.5 Å². The third-order valence-electron chi connectivity index (χ3n) is 11.0. The Morgan fingerprint density at radius 1 is 0.979 bits per heavy atom. The lowest BCUT2D eigenvalue weighted by atomic mass is 9.70. The first kappa shape index (κ1) is 37.8. The summed E-state index contributed by atoms with van der Waals surface area (Å²) < 4.78 is 26.6. The average molecular weight is 693 g/mol. The summed E-state index contributed by atoms with van der Waals surface area (Å²) in [6.45, 7) is 13.8. The van der Waals surface area contributed by atoms with Crippen molar-refractivity contribution in [3.05, 3.63) is 12.7 Å². The van der Waals surface area contributed by atoms with E-state index in [1.165, 1.54) is 17.3 Å². The quantitative estimate of drug-likeness (QED) is 0.179. The number of carbonyl (C=O) groups excluding carboxylic acids is 5. The molecular formula is C34H56N6O7S. The molecule has 2 aliphatic heterocycles. The van der Waals surface area contributed by atoms with Crippen LogP contribution in [-0.2, 0) is 29.2 Å². The van der Waals surface area contributed by atoms with Gasteiger partial charge in [0, 0.05) is 32.2 Å². The Hall–Kier alpha value is -3.00. The second-order valence-electron chi connectivity index (χ2n) is 15.6. The van der Waals surface area contributed by atoms with E-state index < -0.39 is 68.6 Å². The fourth-order valence-electron chi connectivity index (χ4n) is 8.00. The molecule has 2 heterocycles. The minimum Gasteiger partial charge on any atom is -0.346 e. The van der Waals surface area contributed by atoms with Gasteiger partial charge in [-0.3, -0.25) is 19.2 Å². The molecule has 48 heavy (non-hydrogen) atoms. The molecule has 0 aromatic rings. The number of Topliss-reactive ketones (excluding diaryl/α,β-unsaturated/α-hetero) is 1. The van der Waals surface area contributed by atoms with E-state index in [9.17, 15) is 32.4 Å². The zero-order valence-electron chi connectivity index (χ0n) is 29.3. The van der Waals surface area contributed by atoms with Gasteiger partial charge in [0.25, 0.3) is 5.91 Å². The number of likely N-dealkylation sites (tertiary alicyclic amines) is 1. The van der Waals surface area contributed by atoms with Crippen LogP contribution in [0.25, 0.3) is 0 Å². The van der Waals surface area contributed by atoms with Crippen LogP contribution in [0.2, 0.25) is 0 Å². The first-order valence-corrected chi connectivity index (χ1v) is 19.2. The summed E-state index contributed by atoms with van der Waals surface area (Å²) in [5, 5.41) is 11.2. The minimum atomic E-state index is -3.38. The summed E-state index contributed by atoms with van der Waals surface area (Å²) in [4.78, 5) is 68.9. The van der Waals surface area contributed by atoms with Gasteiger partial charge in [-0.05, 0) is 61.7 Å². The van der Waals surface area contributed by atoms with Crippen molar-refractivity contribution in [1.82, 2.24) is 30.5 Å². The number of nitrogens with zero attached hydrogens (tertiary/aromatic N) is 2. The van der Waals surface area contributed by atoms with Crippen LogP contribution in [0.5, 0.6) is 0 Å². The summed E-state index contributed by atoms with van der Waals surface area (Å²) in [7, 11) is -3.38. The molecule has 0 aromatic heterocycles. The van der Waals surface area contributed by atoms with Crippen molar-refractivity contribution >= 4 is 39.6 Å². The standard InChI is InChI=1S/C34H56N6O7S/c1-7-17-35-30(43)27(41)22(2)36-29(42)26-24-14-11-13-23(24)20-40(26)31(44)28(34(6)15-9-8-10-16-34)38-32(45)37-25(33(3,4)5)21-39-18-12-19-48(39,46)47/h7,22-26,28H,1,8-21H2,2-6H3,(H,35,43)(H,36,42)(H2,37,38,45)/t22?,23-,24-,25+,26-,28+/m0/s1. The van der Waals surface area contributed by atoms with E-state index in [2.05, 4.69) is 27.8 Å². The molecule has 14 heteroatoms. The van der Waals surface area contributed by atoms with Gasteiger partial charge in [-0.25, -0.2) is 13.2 Å². The summed E-state index contributed by atoms with van der Waals surface area (Å²) in [5.41, 5.74) is -1.04. The Kier molecular flexibility index (Phi) is 12.0. The van der Waals surface area contributed by atoms with Crippen molar-refractivity contribution in [3.63, 3.8) is 0 Å². The molecule has 6 atom stereocenters. The molecule has 2 saturated heterocycles. The highest BCUT2D eigenvalue weighted by Gasteiger charge is 2.53. The van der Waals surface area contributed by atoms with Crippen LogP contribution in [0.3, 0.4) is 0 Å². The first-order valence-electron chi connectivity index (χ1n) is 17.6. The molecule has 0 aromatic carbocycles. The fraction of sp³-hybridized carbons (Fsp3) is 0.794. The van der Waals surface area contributed by atoms with Gasteiger partial charge in [-0.2, -0.15) is 4.31 Å². The molecule has 4 N–H and O–H groups in total. The summed E-state index contributed by atoms with van der Waals surface area (Å²) in [5.74, 6) is -2.30. The Balaban J connectivity index is 1.56. The van der Waals surface area contributed by atoms with Crippen LogP contribution in [0, 0.1) is 22.7 Å². The van der Waals surface area contributed by atoms with Crippen molar-refractivity contribution in [2.24, 2.45) is 22.7 Å². The van der Waals surface area contributed by atoms with Crippen LogP contribution in [0.15, 0.2) is 12.7 Å². The number of fused-ring (bicyclic) bond motifs is 1. The Morgan fingerprint density at radius 3 is 2.27 bits per heavy atom. The molecule has 2 saturated carbocycles. The second-order valence-corrected chi connectivity index (χ2v) is 17.7. The monoisotopic (exact) mass is 692 g/mol. The second kappa shape index (κ2) is 15.3. The van der Waals surface area contributed by atoms with E-state index in [0.29, 0.717) is 19.5 Å². The predicted octanol–water partition coefficient (Wildman–Crippen LogP) is 2.08. The Bertz CT molecular complexity index is 1360. The normalized spacial score (nSPS) is 26.9. The van der Waals surface area contributed by atoms with Crippen molar-refractivity contribution in [2.45, 2.75) is 117 Å². The molecule has 2 aliphatic carbocycles. The summed E-state index contributed by atoms with van der Waals surface area (Å²) >= 11 is 0. The summed E-state index contributed by atoms with van der Waals surface area (Å²) in [6, 6.07) is -3.93. The topological polar surface area (TPSA) is 174 Å². The first-order chi connectivity index (χ1) is 22.5. The Labute approximate surface area is 285 Å². The molecule has 0 bridgehead atoms. The van der Waals surface area contributed by atoms with E-state index in [0.717, 1.165) is 51.4 Å². The van der Waals surface area contributed by atoms with E-state index in [4.69, 9.17) is 0 Å². The van der Waals surface area contributed by atoms with Crippen molar-refractivity contribution in [3.8, 4) is 0 Å². The number of ketones is 1. The van der Waals surface area contributed by atoms with Gasteiger partial charge >= 0.3 is 6.03 Å². The van der Waals surface area contributed by atoms with Crippen LogP contribution < -0.4 is 21.3 Å². The molecular weight excluding hydrogens is 636 g/mol. The molecule has 0 radical (unpaired) electrons. The van der Waals surface area contributed by atoms with E-state index in [1.807, 2.05) is 27.7 Å². The Morgan fingerprint density at radius 2 is 1.67 bits per heavy atom. The SMILES string of the molecule is C=CCNC(=O)C(=O)C(C)NC(=O)[C@@H]1[C@H]2CCC[C@H]2CN1C(=O)[C@@H](NC(=O)N[C@H](CN1CCCS1(=O)=O)C(C)(C)C)C1(C)CCCCC1. The number of nitrogens with one attached hydrogen (secondary N) is 4. The van der Waals surface area contributed by atoms with E-state index >= 15 is 0 Å². The van der Waals surface area contributed by atoms with Gasteiger partial charge in [0.2, 0.25) is 27.6 Å². The lowest BCUT2D eigenvalue weighted by Gasteiger charge is -2.43. The number of carbonyl (C=O) groups is 5. The lowest BCUT2D eigenvalue weighted by Crippen LogP contribution is -2.63. The van der Waals surface area contributed by atoms with Gasteiger partial charge in [0.1, 0.15) is 12.1 Å². The van der Waals surface area contributed by atoms with Gasteiger partial charge in [-0.15, -0.1) is 6.58 Å². The van der Waals surface area contributed by atoms with Crippen LogP contribution in [0.1, 0.15) is 92.4 Å². The predicted molar refractivity (Wildman–Crippen MR) is 182 cm³/mol. The highest BCUT2D eigenvalue weighted by Crippen LogP contribution is 2.45. The molecule has 4 rings (SSSR count). The fourth-order valence-corrected chi connectivity index (χ4v) is 9.53. The molecule has 4 aliphatic rings. The summed E-state index contributed by atoms with van der Waals surface area (Å²) in [6.07, 6.45) is 8.86. The number of rotatable bonds is 12. The van der Waals surface area contributed by atoms with Gasteiger partial charge in [0.05, 0.1) is 11.8 Å². The van der Waals surface area contributed by atoms with E-state index in [1.54, 1.807) is 4.90 Å². The molecule has 13 nitrogen and oxygen atoms in total. The van der Waals surface area contributed by atoms with Crippen LogP contribution in [0.4, 0.5) is 4.79 Å². The maximum absolute atomic E-state index is 14.7. The molecule has 1 unspecified atom stereocenters. The van der Waals surface area contributed by atoms with Crippen molar-refractivity contribution in [2.75, 3.05) is 31.9 Å². The maximum atomic E-state index is 14.7. The number of amides is 5. The number of hydrogen-bond donors (Lipinski definition) is 4. The highest BCUT2D eigenvalue weighted by molar-refractivity contribution is 7.89. The molecule has 4 fully saturated rings. The highest BCUT2D eigenvalue weighted by atomic mass is 32.2.